The van der Waals surface area contributed by atoms with E-state index in [1.165, 1.54) is 36.0 Å². The van der Waals surface area contributed by atoms with Crippen molar-refractivity contribution >= 4 is 48.9 Å². The maximum atomic E-state index is 14.2. The number of hydrogen-bond acceptors (Lipinski definition) is 11. The summed E-state index contributed by atoms with van der Waals surface area (Å²) in [5.41, 5.74) is -4.72. The molecule has 0 radical (unpaired) electrons. The number of piperidine rings is 1. The monoisotopic (exact) mass is 1000 g/mol. The van der Waals surface area contributed by atoms with Gasteiger partial charge in [-0.3, -0.25) is 9.69 Å². The minimum Gasteiger partial charge on any atom is -0.395 e. The summed E-state index contributed by atoms with van der Waals surface area (Å²) in [6.07, 6.45) is -2.34. The molecule has 2 aliphatic heterocycles. The largest absolute Gasteiger partial charge is 0.501 e. The molecule has 2 saturated heterocycles. The molecule has 1 amide bonds. The Balaban J connectivity index is 1.03. The maximum absolute atomic E-state index is 14.2. The summed E-state index contributed by atoms with van der Waals surface area (Å²) in [6, 6.07) is 28.5. The average molecular weight is 1010 g/mol. The minimum absolute atomic E-state index is 0.0592. The highest BCUT2D eigenvalue weighted by atomic mass is 32.2. The zero-order valence-corrected chi connectivity index (χ0v) is 38.9. The van der Waals surface area contributed by atoms with Crippen molar-refractivity contribution in [2.75, 3.05) is 48.8 Å². The van der Waals surface area contributed by atoms with Gasteiger partial charge in [-0.15, -0.1) is 11.8 Å². The van der Waals surface area contributed by atoms with Crippen LogP contribution in [0.15, 0.2) is 136 Å². The molecule has 2 fully saturated rings. The number of anilines is 2. The zero-order chi connectivity index (χ0) is 48.9. The lowest BCUT2D eigenvalue weighted by Gasteiger charge is -2.36. The fourth-order valence-electron chi connectivity index (χ4n) is 8.80. The van der Waals surface area contributed by atoms with Crippen LogP contribution in [0.4, 0.5) is 37.7 Å². The number of aliphatic hydroxyl groups excluding tert-OH is 2. The first-order valence-corrected chi connectivity index (χ1v) is 25.8. The minimum atomic E-state index is -6.13. The Bertz CT molecular complexity index is 2740. The lowest BCUT2D eigenvalue weighted by molar-refractivity contribution is -0.137. The number of benzene rings is 5. The van der Waals surface area contributed by atoms with Crippen LogP contribution in [0.25, 0.3) is 11.1 Å². The molecule has 5 aromatic rings. The van der Waals surface area contributed by atoms with Gasteiger partial charge in [0.15, 0.2) is 0 Å². The highest BCUT2D eigenvalue weighted by molar-refractivity contribution is 7.99. The molecule has 0 bridgehead atoms. The molecule has 4 N–H and O–H groups in total. The summed E-state index contributed by atoms with van der Waals surface area (Å²) < 4.78 is 137. The molecule has 2 aliphatic rings. The Kier molecular flexibility index (Phi) is 15.9. The molecule has 0 aliphatic carbocycles. The van der Waals surface area contributed by atoms with Gasteiger partial charge in [0.25, 0.3) is 25.8 Å². The van der Waals surface area contributed by atoms with E-state index in [2.05, 4.69) is 10.2 Å². The number of halogens is 6. The Morgan fingerprint density at radius 1 is 0.794 bits per heavy atom. The summed E-state index contributed by atoms with van der Waals surface area (Å²) >= 11 is 1.41. The van der Waals surface area contributed by atoms with E-state index in [-0.39, 0.29) is 24.1 Å². The quantitative estimate of drug-likeness (QED) is 0.0521. The van der Waals surface area contributed by atoms with E-state index in [1.807, 2.05) is 40.0 Å². The number of aliphatic hydroxyl groups is 2. The van der Waals surface area contributed by atoms with Gasteiger partial charge in [0.05, 0.1) is 28.9 Å². The smallest absolute Gasteiger partial charge is 0.395 e. The molecule has 20 heteroatoms. The SMILES string of the molecule is O=C(NS(=O)(=O)c1ccc(N[C@@H](CSc2ccccc2)C[C@H]2CCCN2CCO)c(S(=O)(=O)C(F)(F)F)c1)c1ccc(N2CCC([C@@H](O)c3ccccc3-c3ccc(C(F)(F)F)cc3)CC2)cc1. The van der Waals surface area contributed by atoms with E-state index >= 15 is 0 Å². The maximum Gasteiger partial charge on any atom is 0.501 e. The Hall–Kier alpha value is -5.12. The summed E-state index contributed by atoms with van der Waals surface area (Å²) in [4.78, 5) is 16.1. The second-order valence-corrected chi connectivity index (χ2v) is 21.5. The topological polar surface area (TPSA) is 156 Å². The first kappa shape index (κ1) is 50.7. The van der Waals surface area contributed by atoms with E-state index in [4.69, 9.17) is 0 Å². The molecule has 5 aromatic carbocycles. The van der Waals surface area contributed by atoms with Crippen LogP contribution in [0.1, 0.15) is 59.7 Å². The standard InChI is InChI=1S/C48H50F6N4O7S3/c49-47(50,51)35-16-12-32(13-17-35)41-10-4-5-11-42(41)45(60)33-22-25-58(26-23-33)37-18-14-34(15-19-37)46(61)56-68(64,65)40-20-21-43(44(30-40)67(62,63)48(52,53)54)55-36(31-66-39-8-2-1-3-9-39)29-38-7-6-24-57(38)27-28-59/h1-5,8-21,30,33,36,38,45,55,59-60H,6-7,22-29,31H2,(H,56,61)/t36-,38-,45-/m1/s1. The van der Waals surface area contributed by atoms with Gasteiger partial charge >= 0.3 is 11.7 Å². The molecule has 364 valence electrons. The zero-order valence-electron chi connectivity index (χ0n) is 36.5. The third-order valence-corrected chi connectivity index (χ3v) is 16.4. The second-order valence-electron chi connectivity index (χ2n) is 16.8. The van der Waals surface area contributed by atoms with Crippen LogP contribution in [0.3, 0.4) is 0 Å². The molecule has 0 aromatic heterocycles. The van der Waals surface area contributed by atoms with Crippen LogP contribution >= 0.6 is 11.8 Å². The molecule has 2 heterocycles. The number of nitrogens with one attached hydrogen (secondary N) is 2. The van der Waals surface area contributed by atoms with E-state index in [0.717, 1.165) is 42.0 Å². The number of hydrogen-bond donors (Lipinski definition) is 4. The van der Waals surface area contributed by atoms with E-state index < -0.39 is 70.6 Å². The normalized spacial score (nSPS) is 17.5. The van der Waals surface area contributed by atoms with Crippen molar-refractivity contribution < 1.29 is 58.2 Å². The number of thioether (sulfide) groups is 1. The van der Waals surface area contributed by atoms with Gasteiger partial charge in [0.2, 0.25) is 0 Å². The van der Waals surface area contributed by atoms with Crippen molar-refractivity contribution in [3.63, 3.8) is 0 Å². The molecule has 0 saturated carbocycles. The molecule has 7 rings (SSSR count). The number of nitrogens with zero attached hydrogens (tertiary/aromatic N) is 2. The van der Waals surface area contributed by atoms with Crippen molar-refractivity contribution in [1.82, 2.24) is 9.62 Å². The van der Waals surface area contributed by atoms with Crippen LogP contribution in [-0.4, -0.2) is 94.0 Å². The summed E-state index contributed by atoms with van der Waals surface area (Å²) in [7, 11) is -11.1. The highest BCUT2D eigenvalue weighted by Crippen LogP contribution is 2.40. The number of amides is 1. The van der Waals surface area contributed by atoms with Gasteiger partial charge in [0, 0.05) is 53.6 Å². The molecular formula is C48H50F6N4O7S3. The van der Waals surface area contributed by atoms with Crippen LogP contribution in [0.5, 0.6) is 0 Å². The Morgan fingerprint density at radius 2 is 1.46 bits per heavy atom. The molecule has 68 heavy (non-hydrogen) atoms. The number of rotatable bonds is 17. The number of carbonyl (C=O) groups excluding carboxylic acids is 1. The number of sulfonamides is 1. The van der Waals surface area contributed by atoms with Crippen molar-refractivity contribution in [3.8, 4) is 11.1 Å². The Morgan fingerprint density at radius 3 is 2.10 bits per heavy atom. The van der Waals surface area contributed by atoms with Crippen LogP contribution < -0.4 is 14.9 Å². The molecule has 0 unspecified atom stereocenters. The lowest BCUT2D eigenvalue weighted by Crippen LogP contribution is -2.38. The van der Waals surface area contributed by atoms with Crippen molar-refractivity contribution in [1.29, 1.82) is 0 Å². The summed E-state index contributed by atoms with van der Waals surface area (Å²) in [5, 5.41) is 24.1. The fraction of sp³-hybridized carbons (Fsp3) is 0.354. The van der Waals surface area contributed by atoms with Gasteiger partial charge in [-0.2, -0.15) is 26.3 Å². The molecular weight excluding hydrogens is 955 g/mol. The third-order valence-electron chi connectivity index (χ3n) is 12.4. The van der Waals surface area contributed by atoms with Gasteiger partial charge < -0.3 is 20.4 Å². The highest BCUT2D eigenvalue weighted by Gasteiger charge is 2.48. The third kappa shape index (κ3) is 12.0. The number of sulfone groups is 1. The first-order chi connectivity index (χ1) is 32.2. The van der Waals surface area contributed by atoms with Crippen molar-refractivity contribution in [2.45, 2.75) is 76.7 Å². The van der Waals surface area contributed by atoms with Gasteiger partial charge in [-0.25, -0.2) is 21.6 Å². The predicted molar refractivity (Wildman–Crippen MR) is 248 cm³/mol. The van der Waals surface area contributed by atoms with Gasteiger partial charge in [0.1, 0.15) is 4.90 Å². The number of carbonyl (C=O) groups is 1. The second kappa shape index (κ2) is 21.3. The van der Waals surface area contributed by atoms with E-state index in [9.17, 15) is 58.2 Å². The summed E-state index contributed by atoms with van der Waals surface area (Å²) in [5.74, 6) is -0.995. The van der Waals surface area contributed by atoms with Crippen LogP contribution in [0, 0.1) is 5.92 Å². The molecule has 0 spiro atoms. The van der Waals surface area contributed by atoms with Crippen LogP contribution in [0.2, 0.25) is 0 Å². The lowest BCUT2D eigenvalue weighted by atomic mass is 9.84. The van der Waals surface area contributed by atoms with Crippen molar-refractivity contribution in [3.05, 3.63) is 138 Å². The fourth-order valence-corrected chi connectivity index (χ4v) is 11.8. The number of β-amino-alcohol motifs (C(OH)–C–C–N with tert-alkyl or cyclic N) is 1. The molecule has 11 nitrogen and oxygen atoms in total. The van der Waals surface area contributed by atoms with E-state index in [1.54, 1.807) is 36.4 Å². The summed E-state index contributed by atoms with van der Waals surface area (Å²) in [6.45, 7) is 2.00. The van der Waals surface area contributed by atoms with Crippen molar-refractivity contribution in [2.24, 2.45) is 5.92 Å². The Labute approximate surface area is 395 Å². The van der Waals surface area contributed by atoms with Crippen LogP contribution in [-0.2, 0) is 26.0 Å². The molecule has 3 atom stereocenters. The average Bonchev–Trinajstić information content (AvgIpc) is 3.76. The van der Waals surface area contributed by atoms with Gasteiger partial charge in [-0.1, -0.05) is 54.6 Å². The van der Waals surface area contributed by atoms with E-state index in [0.29, 0.717) is 79.6 Å². The first-order valence-electron chi connectivity index (χ1n) is 21.9. The number of alkyl halides is 6. The van der Waals surface area contributed by atoms with Gasteiger partial charge in [-0.05, 0) is 128 Å². The number of likely N-dealkylation sites (tertiary alicyclic amines) is 1. The predicted octanol–water partition coefficient (Wildman–Crippen LogP) is 9.15.